The van der Waals surface area contributed by atoms with Gasteiger partial charge in [0, 0.05) is 63.7 Å². The second kappa shape index (κ2) is 10.6. The van der Waals surface area contributed by atoms with Gasteiger partial charge in [0.25, 0.3) is 0 Å². The van der Waals surface area contributed by atoms with Crippen LogP contribution in [-0.2, 0) is 4.79 Å². The first-order valence-electron chi connectivity index (χ1n) is 9.66. The van der Waals surface area contributed by atoms with Crippen LogP contribution in [0.15, 0.2) is 24.3 Å². The molecule has 0 bridgehead atoms. The molecule has 6 nitrogen and oxygen atoms in total. The maximum atomic E-state index is 12.5. The predicted molar refractivity (Wildman–Crippen MR) is 108 cm³/mol. The Kier molecular flexibility index (Phi) is 8.54. The average Bonchev–Trinajstić information content (AvgIpc) is 3.18. The van der Waals surface area contributed by atoms with Gasteiger partial charge in [-0.1, -0.05) is 0 Å². The van der Waals surface area contributed by atoms with Crippen molar-refractivity contribution >= 4 is 24.1 Å². The lowest BCUT2D eigenvalue weighted by Crippen LogP contribution is -2.49. The number of nitrogens with zero attached hydrogens (tertiary/aromatic N) is 2. The smallest absolute Gasteiger partial charge is 0.223 e. The number of amides is 1. The Bertz CT molecular complexity index is 617. The van der Waals surface area contributed by atoms with E-state index < -0.39 is 0 Å². The van der Waals surface area contributed by atoms with E-state index in [1.165, 1.54) is 0 Å². The van der Waals surface area contributed by atoms with Gasteiger partial charge in [0.1, 0.15) is 5.75 Å². The Balaban J connectivity index is 0.00000261. The van der Waals surface area contributed by atoms with Crippen molar-refractivity contribution in [2.24, 2.45) is 0 Å². The lowest BCUT2D eigenvalue weighted by molar-refractivity contribution is -0.130. The summed E-state index contributed by atoms with van der Waals surface area (Å²) in [6.07, 6.45) is 1.60. The third kappa shape index (κ3) is 5.92. The lowest BCUT2D eigenvalue weighted by Gasteiger charge is -2.32. The Hall–Kier alpha value is -1.63. The first kappa shape index (κ1) is 21.7. The summed E-state index contributed by atoms with van der Waals surface area (Å²) in [6, 6.07) is 7.62. The Morgan fingerprint density at radius 2 is 1.81 bits per heavy atom. The van der Waals surface area contributed by atoms with Crippen LogP contribution in [0.2, 0.25) is 0 Å². The van der Waals surface area contributed by atoms with E-state index in [0.717, 1.165) is 51.4 Å². The third-order valence-corrected chi connectivity index (χ3v) is 5.24. The fourth-order valence-corrected chi connectivity index (χ4v) is 3.74. The summed E-state index contributed by atoms with van der Waals surface area (Å²) in [5.41, 5.74) is 0.640. The van der Waals surface area contributed by atoms with Gasteiger partial charge in [0.15, 0.2) is 5.78 Å². The Morgan fingerprint density at radius 3 is 2.48 bits per heavy atom. The summed E-state index contributed by atoms with van der Waals surface area (Å²) in [7, 11) is 0. The van der Waals surface area contributed by atoms with Gasteiger partial charge in [0.2, 0.25) is 5.91 Å². The number of rotatable bonds is 7. The number of piperazine rings is 1. The van der Waals surface area contributed by atoms with Gasteiger partial charge in [-0.25, -0.2) is 0 Å². The zero-order valence-electron chi connectivity index (χ0n) is 16.0. The zero-order valence-corrected chi connectivity index (χ0v) is 16.8. The highest BCUT2D eigenvalue weighted by Crippen LogP contribution is 2.18. The van der Waals surface area contributed by atoms with E-state index >= 15 is 0 Å². The highest BCUT2D eigenvalue weighted by atomic mass is 35.5. The van der Waals surface area contributed by atoms with E-state index in [9.17, 15) is 9.59 Å². The number of carbonyl (C=O) groups excluding carboxylic acids is 2. The van der Waals surface area contributed by atoms with Crippen LogP contribution in [0, 0.1) is 0 Å². The van der Waals surface area contributed by atoms with Crippen molar-refractivity contribution < 1.29 is 14.3 Å². The Labute approximate surface area is 167 Å². The molecule has 150 valence electrons. The predicted octanol–water partition coefficient (Wildman–Crippen LogP) is 1.98. The molecule has 0 aliphatic carbocycles. The van der Waals surface area contributed by atoms with Crippen LogP contribution in [-0.4, -0.2) is 73.4 Å². The summed E-state index contributed by atoms with van der Waals surface area (Å²) in [5, 5.41) is 3.36. The monoisotopic (exact) mass is 395 g/mol. The normalized spacial score (nSPS) is 20.2. The minimum atomic E-state index is 0. The summed E-state index contributed by atoms with van der Waals surface area (Å²) < 4.78 is 5.39. The number of likely N-dealkylation sites (tertiary alicyclic amines) is 1. The van der Waals surface area contributed by atoms with Gasteiger partial charge in [0.05, 0.1) is 6.61 Å². The molecule has 1 aromatic rings. The topological polar surface area (TPSA) is 61.9 Å². The molecule has 1 atom stereocenters. The number of ether oxygens (including phenoxy) is 1. The molecule has 0 radical (unpaired) electrons. The summed E-state index contributed by atoms with van der Waals surface area (Å²) in [4.78, 5) is 29.2. The van der Waals surface area contributed by atoms with Crippen LogP contribution in [0.3, 0.4) is 0 Å². The summed E-state index contributed by atoms with van der Waals surface area (Å²) in [5.74, 6) is 0.873. The lowest BCUT2D eigenvalue weighted by atomic mass is 10.1. The van der Waals surface area contributed by atoms with Crippen molar-refractivity contribution in [2.75, 3.05) is 45.9 Å². The van der Waals surface area contributed by atoms with E-state index in [1.54, 1.807) is 24.3 Å². The van der Waals surface area contributed by atoms with Gasteiger partial charge in [-0.2, -0.15) is 0 Å². The number of Topliss-reactive ketones (excluding diaryl/α,β-unsaturated/α-hetero) is 1. The van der Waals surface area contributed by atoms with Crippen LogP contribution < -0.4 is 10.1 Å². The molecule has 1 unspecified atom stereocenters. The molecule has 2 heterocycles. The number of halogens is 1. The fraction of sp³-hybridized carbons (Fsp3) is 0.600. The SMILES string of the molecule is CCOc1ccc(C(=O)CCC(=O)N2CCC(N3CCNCC3)C2)cc1.Cl. The van der Waals surface area contributed by atoms with Crippen LogP contribution in [0.5, 0.6) is 5.75 Å². The molecule has 0 saturated carbocycles. The number of hydrogen-bond donors (Lipinski definition) is 1. The summed E-state index contributed by atoms with van der Waals surface area (Å²) >= 11 is 0. The molecular formula is C20H30ClN3O3. The molecule has 3 rings (SSSR count). The number of nitrogens with one attached hydrogen (secondary N) is 1. The molecule has 27 heavy (non-hydrogen) atoms. The molecule has 0 aromatic heterocycles. The van der Waals surface area contributed by atoms with Gasteiger partial charge >= 0.3 is 0 Å². The van der Waals surface area contributed by atoms with E-state index in [-0.39, 0.29) is 30.5 Å². The van der Waals surface area contributed by atoms with E-state index in [0.29, 0.717) is 24.6 Å². The molecule has 2 aliphatic rings. The van der Waals surface area contributed by atoms with Gasteiger partial charge in [-0.05, 0) is 37.6 Å². The van der Waals surface area contributed by atoms with Gasteiger partial charge in [-0.15, -0.1) is 12.4 Å². The number of carbonyl (C=O) groups is 2. The average molecular weight is 396 g/mol. The van der Waals surface area contributed by atoms with E-state index in [2.05, 4.69) is 10.2 Å². The standard InChI is InChI=1S/C20H29N3O3.ClH/c1-2-26-18-5-3-16(4-6-18)19(24)7-8-20(25)23-12-9-17(15-23)22-13-10-21-11-14-22;/h3-6,17,21H,2,7-15H2,1H3;1H. The highest BCUT2D eigenvalue weighted by molar-refractivity contribution is 5.98. The molecule has 7 heteroatoms. The second-order valence-electron chi connectivity index (χ2n) is 6.95. The highest BCUT2D eigenvalue weighted by Gasteiger charge is 2.30. The first-order chi connectivity index (χ1) is 12.7. The molecule has 0 spiro atoms. The van der Waals surface area contributed by atoms with Crippen molar-refractivity contribution in [3.63, 3.8) is 0 Å². The minimum absolute atomic E-state index is 0. The van der Waals surface area contributed by atoms with E-state index in [1.807, 2.05) is 11.8 Å². The Morgan fingerprint density at radius 1 is 1.11 bits per heavy atom. The zero-order chi connectivity index (χ0) is 18.4. The van der Waals surface area contributed by atoms with Crippen molar-refractivity contribution in [3.05, 3.63) is 29.8 Å². The molecule has 1 amide bonds. The van der Waals surface area contributed by atoms with Crippen LogP contribution in [0.1, 0.15) is 36.5 Å². The summed E-state index contributed by atoms with van der Waals surface area (Å²) in [6.45, 7) is 8.32. The van der Waals surface area contributed by atoms with Crippen molar-refractivity contribution in [1.29, 1.82) is 0 Å². The maximum Gasteiger partial charge on any atom is 0.223 e. The number of ketones is 1. The quantitative estimate of drug-likeness (QED) is 0.715. The number of benzene rings is 1. The first-order valence-corrected chi connectivity index (χ1v) is 9.66. The van der Waals surface area contributed by atoms with Gasteiger partial charge < -0.3 is 15.0 Å². The molecule has 1 N–H and O–H groups in total. The van der Waals surface area contributed by atoms with Crippen LogP contribution in [0.4, 0.5) is 0 Å². The molecule has 2 aliphatic heterocycles. The third-order valence-electron chi connectivity index (χ3n) is 5.24. The van der Waals surface area contributed by atoms with Gasteiger partial charge in [-0.3, -0.25) is 14.5 Å². The fourth-order valence-electron chi connectivity index (χ4n) is 3.74. The second-order valence-corrected chi connectivity index (χ2v) is 6.95. The van der Waals surface area contributed by atoms with E-state index in [4.69, 9.17) is 4.74 Å². The molecule has 1 aromatic carbocycles. The van der Waals surface area contributed by atoms with Crippen LogP contribution in [0.25, 0.3) is 0 Å². The van der Waals surface area contributed by atoms with Crippen molar-refractivity contribution in [1.82, 2.24) is 15.1 Å². The maximum absolute atomic E-state index is 12.5. The molecule has 2 saturated heterocycles. The largest absolute Gasteiger partial charge is 0.494 e. The minimum Gasteiger partial charge on any atom is -0.494 e. The number of hydrogen-bond acceptors (Lipinski definition) is 5. The molecular weight excluding hydrogens is 366 g/mol. The van der Waals surface area contributed by atoms with Crippen molar-refractivity contribution in [2.45, 2.75) is 32.2 Å². The van der Waals surface area contributed by atoms with Crippen LogP contribution >= 0.6 is 12.4 Å². The van der Waals surface area contributed by atoms with Crippen molar-refractivity contribution in [3.8, 4) is 5.75 Å². The molecule has 2 fully saturated rings.